The highest BCUT2D eigenvalue weighted by atomic mass is 32.2. The summed E-state index contributed by atoms with van der Waals surface area (Å²) >= 11 is 0. The number of nitrogens with two attached hydrogens (primary N) is 1. The van der Waals surface area contributed by atoms with Gasteiger partial charge in [-0.2, -0.15) is 0 Å². The van der Waals surface area contributed by atoms with E-state index in [-0.39, 0.29) is 16.5 Å². The van der Waals surface area contributed by atoms with Crippen molar-refractivity contribution in [3.63, 3.8) is 0 Å². The molecule has 0 atom stereocenters. The van der Waals surface area contributed by atoms with Crippen molar-refractivity contribution in [1.29, 1.82) is 0 Å². The molecule has 2 rings (SSSR count). The van der Waals surface area contributed by atoms with Gasteiger partial charge in [0.25, 0.3) is 0 Å². The Morgan fingerprint density at radius 2 is 2.10 bits per heavy atom. The largest absolute Gasteiger partial charge is 0.497 e. The minimum atomic E-state index is -3.64. The second-order valence-corrected chi connectivity index (χ2v) is 6.20. The fraction of sp³-hybridized carbons (Fsp3) is 0.231. The molecule has 2 aromatic rings. The quantitative estimate of drug-likeness (QED) is 0.914. The zero-order valence-electron chi connectivity index (χ0n) is 11.2. The van der Waals surface area contributed by atoms with E-state index in [1.54, 1.807) is 25.1 Å². The van der Waals surface area contributed by atoms with E-state index in [1.807, 2.05) is 0 Å². The summed E-state index contributed by atoms with van der Waals surface area (Å²) in [5.74, 6) is 0.295. The van der Waals surface area contributed by atoms with Gasteiger partial charge >= 0.3 is 0 Å². The van der Waals surface area contributed by atoms with Gasteiger partial charge in [0.15, 0.2) is 5.03 Å². The molecule has 0 fully saturated rings. The third-order valence-electron chi connectivity index (χ3n) is 2.65. The van der Waals surface area contributed by atoms with Crippen LogP contribution in [-0.2, 0) is 15.6 Å². The van der Waals surface area contributed by atoms with Crippen LogP contribution in [0, 0.1) is 6.92 Å². The molecular weight excluding hydrogens is 278 g/mol. The summed E-state index contributed by atoms with van der Waals surface area (Å²) < 4.78 is 29.7. The number of methoxy groups -OCH3 is 1. The van der Waals surface area contributed by atoms with Crippen LogP contribution in [0.1, 0.15) is 11.4 Å². The van der Waals surface area contributed by atoms with Crippen molar-refractivity contribution in [2.24, 2.45) is 0 Å². The van der Waals surface area contributed by atoms with E-state index in [2.05, 4.69) is 9.97 Å². The molecule has 6 nitrogen and oxygen atoms in total. The lowest BCUT2D eigenvalue weighted by Gasteiger charge is -2.08. The van der Waals surface area contributed by atoms with Gasteiger partial charge in [0, 0.05) is 24.0 Å². The van der Waals surface area contributed by atoms with Gasteiger partial charge in [0.2, 0.25) is 9.84 Å². The van der Waals surface area contributed by atoms with Gasteiger partial charge in [-0.15, -0.1) is 0 Å². The van der Waals surface area contributed by atoms with Crippen molar-refractivity contribution in [1.82, 2.24) is 9.97 Å². The second kappa shape index (κ2) is 5.46. The number of sulfone groups is 1. The highest BCUT2D eigenvalue weighted by Crippen LogP contribution is 2.21. The monoisotopic (exact) mass is 293 g/mol. The number of nitrogen functional groups attached to an aromatic ring is 1. The average molecular weight is 293 g/mol. The molecule has 106 valence electrons. The number of aromatic nitrogens is 2. The van der Waals surface area contributed by atoms with Gasteiger partial charge in [-0.1, -0.05) is 0 Å². The summed E-state index contributed by atoms with van der Waals surface area (Å²) in [4.78, 5) is 8.03. The molecule has 0 saturated carbocycles. The Labute approximate surface area is 117 Å². The van der Waals surface area contributed by atoms with Gasteiger partial charge in [0.05, 0.1) is 24.2 Å². The molecule has 0 saturated heterocycles. The number of hydrogen-bond donors (Lipinski definition) is 1. The molecule has 0 aliphatic heterocycles. The fourth-order valence-electron chi connectivity index (χ4n) is 1.82. The molecule has 0 aliphatic carbocycles. The maximum atomic E-state index is 12.3. The Kier molecular flexibility index (Phi) is 3.89. The van der Waals surface area contributed by atoms with Crippen LogP contribution in [0.15, 0.2) is 35.5 Å². The van der Waals surface area contributed by atoms with Gasteiger partial charge in [-0.05, 0) is 19.1 Å². The highest BCUT2D eigenvalue weighted by Gasteiger charge is 2.21. The lowest BCUT2D eigenvalue weighted by atomic mass is 10.3. The molecule has 20 heavy (non-hydrogen) atoms. The summed E-state index contributed by atoms with van der Waals surface area (Å²) in [6.45, 7) is 1.77. The number of hydrogen-bond acceptors (Lipinski definition) is 6. The molecule has 0 radical (unpaired) electrons. The molecule has 7 heteroatoms. The molecule has 0 amide bonds. The summed E-state index contributed by atoms with van der Waals surface area (Å²) in [6, 6.07) is 6.40. The summed E-state index contributed by atoms with van der Waals surface area (Å²) in [7, 11) is -2.12. The molecule has 2 heterocycles. The summed E-state index contributed by atoms with van der Waals surface area (Å²) in [6.07, 6.45) is 1.40. The zero-order valence-corrected chi connectivity index (χ0v) is 12.0. The van der Waals surface area contributed by atoms with Crippen molar-refractivity contribution in [2.45, 2.75) is 17.7 Å². The predicted molar refractivity (Wildman–Crippen MR) is 75.1 cm³/mol. The number of aryl methyl sites for hydroxylation is 1. The Balaban J connectivity index is 2.38. The summed E-state index contributed by atoms with van der Waals surface area (Å²) in [5, 5.41) is -0.123. The third-order valence-corrected chi connectivity index (χ3v) is 4.25. The first-order valence-electron chi connectivity index (χ1n) is 5.87. The molecule has 2 N–H and O–H groups in total. The molecule has 0 aliphatic rings. The highest BCUT2D eigenvalue weighted by molar-refractivity contribution is 7.90. The van der Waals surface area contributed by atoms with E-state index in [4.69, 9.17) is 10.5 Å². The minimum Gasteiger partial charge on any atom is -0.497 e. The van der Waals surface area contributed by atoms with E-state index in [1.165, 1.54) is 19.4 Å². The normalized spacial score (nSPS) is 11.3. The van der Waals surface area contributed by atoms with Gasteiger partial charge in [-0.25, -0.2) is 13.4 Å². The second-order valence-electron chi connectivity index (χ2n) is 4.30. The van der Waals surface area contributed by atoms with E-state index in [0.717, 1.165) is 0 Å². The van der Waals surface area contributed by atoms with Crippen LogP contribution in [-0.4, -0.2) is 25.5 Å². The van der Waals surface area contributed by atoms with E-state index >= 15 is 0 Å². The average Bonchev–Trinajstić information content (AvgIpc) is 2.37. The Morgan fingerprint density at radius 3 is 2.75 bits per heavy atom. The molecule has 2 aromatic heterocycles. The topological polar surface area (TPSA) is 95.2 Å². The smallest absolute Gasteiger partial charge is 0.203 e. The van der Waals surface area contributed by atoms with Crippen molar-refractivity contribution in [3.8, 4) is 5.75 Å². The Morgan fingerprint density at radius 1 is 1.35 bits per heavy atom. The van der Waals surface area contributed by atoms with Crippen LogP contribution in [0.4, 0.5) is 5.69 Å². The molecule has 0 aromatic carbocycles. The van der Waals surface area contributed by atoms with Crippen LogP contribution in [0.5, 0.6) is 5.75 Å². The Hall–Kier alpha value is -2.15. The maximum absolute atomic E-state index is 12.3. The first kappa shape index (κ1) is 14.3. The van der Waals surface area contributed by atoms with Crippen molar-refractivity contribution in [2.75, 3.05) is 12.8 Å². The van der Waals surface area contributed by atoms with Crippen LogP contribution >= 0.6 is 0 Å². The molecule has 0 bridgehead atoms. The van der Waals surface area contributed by atoms with Crippen LogP contribution in [0.2, 0.25) is 0 Å². The van der Waals surface area contributed by atoms with Gasteiger partial charge in [0.1, 0.15) is 5.75 Å². The van der Waals surface area contributed by atoms with Crippen molar-refractivity contribution < 1.29 is 13.2 Å². The standard InChI is InChI=1S/C13H15N3O3S/c1-9-6-11(19-2)7-10(16-9)8-20(17,18)13-12(14)4-3-5-15-13/h3-7H,8,14H2,1-2H3. The number of rotatable bonds is 4. The van der Waals surface area contributed by atoms with Crippen molar-refractivity contribution >= 4 is 15.5 Å². The molecule has 0 spiro atoms. The minimum absolute atomic E-state index is 0.123. The lowest BCUT2D eigenvalue weighted by molar-refractivity contribution is 0.413. The van der Waals surface area contributed by atoms with Crippen LogP contribution < -0.4 is 10.5 Å². The maximum Gasteiger partial charge on any atom is 0.203 e. The summed E-state index contributed by atoms with van der Waals surface area (Å²) in [5.41, 5.74) is 6.87. The Bertz CT molecular complexity index is 729. The first-order valence-corrected chi connectivity index (χ1v) is 7.52. The van der Waals surface area contributed by atoms with Crippen LogP contribution in [0.3, 0.4) is 0 Å². The molecule has 0 unspecified atom stereocenters. The fourth-order valence-corrected chi connectivity index (χ4v) is 3.14. The zero-order chi connectivity index (χ0) is 14.8. The molecular formula is C13H15N3O3S. The first-order chi connectivity index (χ1) is 9.42. The number of pyridine rings is 2. The lowest BCUT2D eigenvalue weighted by Crippen LogP contribution is -2.11. The van der Waals surface area contributed by atoms with Gasteiger partial charge < -0.3 is 10.5 Å². The number of nitrogens with zero attached hydrogens (tertiary/aromatic N) is 2. The SMILES string of the molecule is COc1cc(C)nc(CS(=O)(=O)c2ncccc2N)c1. The van der Waals surface area contributed by atoms with Crippen LogP contribution in [0.25, 0.3) is 0 Å². The number of ether oxygens (including phenoxy) is 1. The van der Waals surface area contributed by atoms with E-state index in [9.17, 15) is 8.42 Å². The van der Waals surface area contributed by atoms with E-state index < -0.39 is 9.84 Å². The number of anilines is 1. The van der Waals surface area contributed by atoms with E-state index in [0.29, 0.717) is 17.1 Å². The van der Waals surface area contributed by atoms with Crippen molar-refractivity contribution in [3.05, 3.63) is 41.9 Å². The third kappa shape index (κ3) is 3.05. The van der Waals surface area contributed by atoms with Gasteiger partial charge in [-0.3, -0.25) is 4.98 Å². The predicted octanol–water partition coefficient (Wildman–Crippen LogP) is 1.35.